The van der Waals surface area contributed by atoms with Crippen LogP contribution in [0.2, 0.25) is 0 Å². The molecule has 2 rings (SSSR count). The Bertz CT molecular complexity index is 542. The number of hydrogen-bond donors (Lipinski definition) is 0. The van der Waals surface area contributed by atoms with Crippen molar-refractivity contribution in [3.8, 4) is 5.75 Å². The molecular weight excluding hydrogens is 284 g/mol. The number of aromatic nitrogens is 1. The molecule has 0 spiro atoms. The van der Waals surface area contributed by atoms with Crippen molar-refractivity contribution in [1.82, 2.24) is 5.16 Å². The van der Waals surface area contributed by atoms with Gasteiger partial charge in [0.15, 0.2) is 0 Å². The topological polar surface area (TPSA) is 35.3 Å². The van der Waals surface area contributed by atoms with Gasteiger partial charge >= 0.3 is 6.61 Å². The van der Waals surface area contributed by atoms with Gasteiger partial charge in [-0.1, -0.05) is 17.3 Å². The Balaban J connectivity index is 1.90. The summed E-state index contributed by atoms with van der Waals surface area (Å²) in [4.78, 5) is 0. The predicted octanol–water partition coefficient (Wildman–Crippen LogP) is 4.58. The van der Waals surface area contributed by atoms with Gasteiger partial charge in [0.05, 0.1) is 5.69 Å². The van der Waals surface area contributed by atoms with Crippen LogP contribution < -0.4 is 4.74 Å². The van der Waals surface area contributed by atoms with Gasteiger partial charge in [0.25, 0.3) is 0 Å². The number of halogens is 2. The molecule has 3 nitrogen and oxygen atoms in total. The largest absolute Gasteiger partial charge is 0.435 e. The highest BCUT2D eigenvalue weighted by Crippen LogP contribution is 2.31. The Morgan fingerprint density at radius 2 is 2.00 bits per heavy atom. The fraction of sp³-hybridized carbons (Fsp3) is 0.357. The molecule has 1 unspecified atom stereocenters. The normalized spacial score (nSPS) is 12.7. The smallest absolute Gasteiger partial charge is 0.387 e. The Hall–Kier alpha value is -1.56. The third kappa shape index (κ3) is 4.23. The van der Waals surface area contributed by atoms with Gasteiger partial charge < -0.3 is 9.26 Å². The van der Waals surface area contributed by atoms with Crippen LogP contribution in [0.1, 0.15) is 29.2 Å². The summed E-state index contributed by atoms with van der Waals surface area (Å²) in [6.07, 6.45) is 0. The summed E-state index contributed by atoms with van der Waals surface area (Å²) in [5.74, 6) is 1.71. The summed E-state index contributed by atoms with van der Waals surface area (Å²) in [6.45, 7) is 1.12. The predicted molar refractivity (Wildman–Crippen MR) is 74.0 cm³/mol. The molecule has 1 aromatic heterocycles. The molecule has 0 amide bonds. The van der Waals surface area contributed by atoms with Gasteiger partial charge in [-0.3, -0.25) is 0 Å². The molecule has 0 radical (unpaired) electrons. The number of rotatable bonds is 6. The van der Waals surface area contributed by atoms with Crippen LogP contribution in [0.3, 0.4) is 0 Å². The van der Waals surface area contributed by atoms with Crippen LogP contribution in [0, 0.1) is 6.92 Å². The standard InChI is InChI=1S/C14H15F2NO2S/c1-9-7-12(17-19-9)8-20-10(2)11-3-5-13(6-4-11)18-14(15)16/h3-7,10,14H,8H2,1-2H3. The fourth-order valence-electron chi connectivity index (χ4n) is 1.71. The molecule has 1 aromatic carbocycles. The molecule has 0 aliphatic rings. The zero-order chi connectivity index (χ0) is 14.5. The monoisotopic (exact) mass is 299 g/mol. The van der Waals surface area contributed by atoms with Crippen molar-refractivity contribution in [1.29, 1.82) is 0 Å². The molecule has 0 saturated carbocycles. The van der Waals surface area contributed by atoms with Gasteiger partial charge in [-0.2, -0.15) is 8.78 Å². The number of aryl methyl sites for hydroxylation is 1. The van der Waals surface area contributed by atoms with Gasteiger partial charge in [0.2, 0.25) is 0 Å². The van der Waals surface area contributed by atoms with Crippen LogP contribution in [0.15, 0.2) is 34.9 Å². The highest BCUT2D eigenvalue weighted by atomic mass is 32.2. The lowest BCUT2D eigenvalue weighted by Crippen LogP contribution is -2.01. The molecule has 1 atom stereocenters. The average molecular weight is 299 g/mol. The third-order valence-electron chi connectivity index (χ3n) is 2.73. The number of ether oxygens (including phenoxy) is 1. The van der Waals surface area contributed by atoms with Crippen LogP contribution >= 0.6 is 11.8 Å². The molecule has 0 bridgehead atoms. The summed E-state index contributed by atoms with van der Waals surface area (Å²) in [6, 6.07) is 8.60. The van der Waals surface area contributed by atoms with E-state index in [2.05, 4.69) is 16.8 Å². The fourth-order valence-corrected chi connectivity index (χ4v) is 2.62. The molecule has 0 saturated heterocycles. The number of alkyl halides is 2. The molecule has 6 heteroatoms. The van der Waals surface area contributed by atoms with E-state index in [0.29, 0.717) is 0 Å². The van der Waals surface area contributed by atoms with Gasteiger partial charge in [0, 0.05) is 17.1 Å². The third-order valence-corrected chi connectivity index (χ3v) is 3.97. The highest BCUT2D eigenvalue weighted by molar-refractivity contribution is 7.98. The second-order valence-electron chi connectivity index (χ2n) is 4.33. The van der Waals surface area contributed by atoms with E-state index >= 15 is 0 Å². The quantitative estimate of drug-likeness (QED) is 0.782. The van der Waals surface area contributed by atoms with E-state index in [1.807, 2.05) is 13.0 Å². The van der Waals surface area contributed by atoms with E-state index in [-0.39, 0.29) is 11.0 Å². The van der Waals surface area contributed by atoms with Crippen LogP contribution in [-0.2, 0) is 5.75 Å². The maximum atomic E-state index is 12.0. The lowest BCUT2D eigenvalue weighted by atomic mass is 10.2. The minimum atomic E-state index is -2.79. The van der Waals surface area contributed by atoms with Crippen LogP contribution in [0.5, 0.6) is 5.75 Å². The van der Waals surface area contributed by atoms with Gasteiger partial charge in [-0.25, -0.2) is 0 Å². The van der Waals surface area contributed by atoms with Crippen LogP contribution in [-0.4, -0.2) is 11.8 Å². The van der Waals surface area contributed by atoms with Crippen LogP contribution in [0.4, 0.5) is 8.78 Å². The van der Waals surface area contributed by atoms with Crippen molar-refractivity contribution in [3.05, 3.63) is 47.3 Å². The maximum Gasteiger partial charge on any atom is 0.387 e. The molecule has 0 N–H and O–H groups in total. The highest BCUT2D eigenvalue weighted by Gasteiger charge is 2.10. The summed E-state index contributed by atoms with van der Waals surface area (Å²) < 4.78 is 33.4. The van der Waals surface area contributed by atoms with Gasteiger partial charge in [-0.05, 0) is 31.5 Å². The second-order valence-corrected chi connectivity index (χ2v) is 5.66. The minimum Gasteiger partial charge on any atom is -0.435 e. The zero-order valence-electron chi connectivity index (χ0n) is 11.2. The first-order valence-electron chi connectivity index (χ1n) is 6.13. The maximum absolute atomic E-state index is 12.0. The Morgan fingerprint density at radius 3 is 2.55 bits per heavy atom. The SMILES string of the molecule is Cc1cc(CSC(C)c2ccc(OC(F)F)cc2)no1. The van der Waals surface area contributed by atoms with Crippen molar-refractivity contribution in [2.24, 2.45) is 0 Å². The van der Waals surface area contributed by atoms with E-state index in [0.717, 1.165) is 22.8 Å². The van der Waals surface area contributed by atoms with E-state index < -0.39 is 6.61 Å². The van der Waals surface area contributed by atoms with Crippen molar-refractivity contribution in [2.75, 3.05) is 0 Å². The first-order valence-corrected chi connectivity index (χ1v) is 7.18. The number of thioether (sulfide) groups is 1. The average Bonchev–Trinajstić information content (AvgIpc) is 2.82. The molecule has 108 valence electrons. The number of nitrogens with zero attached hydrogens (tertiary/aromatic N) is 1. The summed E-state index contributed by atoms with van der Waals surface area (Å²) >= 11 is 1.70. The number of benzene rings is 1. The van der Waals surface area contributed by atoms with Crippen molar-refractivity contribution < 1.29 is 18.0 Å². The van der Waals surface area contributed by atoms with Crippen molar-refractivity contribution >= 4 is 11.8 Å². The molecule has 20 heavy (non-hydrogen) atoms. The summed E-state index contributed by atoms with van der Waals surface area (Å²) in [7, 11) is 0. The minimum absolute atomic E-state index is 0.174. The van der Waals surface area contributed by atoms with Crippen molar-refractivity contribution in [2.45, 2.75) is 31.5 Å². The Morgan fingerprint density at radius 1 is 1.30 bits per heavy atom. The Labute approximate surface area is 120 Å². The Kier molecular flexibility index (Phi) is 5.00. The second kappa shape index (κ2) is 6.74. The molecule has 2 aromatic rings. The van der Waals surface area contributed by atoms with Gasteiger partial charge in [-0.15, -0.1) is 11.8 Å². The van der Waals surface area contributed by atoms with Crippen LogP contribution in [0.25, 0.3) is 0 Å². The first kappa shape index (κ1) is 14.8. The molecule has 0 fully saturated rings. The zero-order valence-corrected chi connectivity index (χ0v) is 12.0. The molecule has 0 aliphatic carbocycles. The lowest BCUT2D eigenvalue weighted by Gasteiger charge is -2.11. The van der Waals surface area contributed by atoms with Crippen molar-refractivity contribution in [3.63, 3.8) is 0 Å². The molecular formula is C14H15F2NO2S. The molecule has 1 heterocycles. The number of hydrogen-bond acceptors (Lipinski definition) is 4. The van der Waals surface area contributed by atoms with E-state index in [9.17, 15) is 8.78 Å². The van der Waals surface area contributed by atoms with Gasteiger partial charge in [0.1, 0.15) is 11.5 Å². The van der Waals surface area contributed by atoms with E-state index in [4.69, 9.17) is 4.52 Å². The summed E-state index contributed by atoms with van der Waals surface area (Å²) in [5.41, 5.74) is 1.95. The van der Waals surface area contributed by atoms with E-state index in [1.54, 1.807) is 36.0 Å². The first-order chi connectivity index (χ1) is 9.54. The molecule has 0 aliphatic heterocycles. The lowest BCUT2D eigenvalue weighted by molar-refractivity contribution is -0.0498. The summed E-state index contributed by atoms with van der Waals surface area (Å²) in [5, 5.41) is 4.16. The van der Waals surface area contributed by atoms with E-state index in [1.165, 1.54) is 0 Å².